The Hall–Kier alpha value is -1.96. The highest BCUT2D eigenvalue weighted by atomic mass is 32.2. The molecule has 8 heteroatoms. The van der Waals surface area contributed by atoms with Crippen molar-refractivity contribution in [1.82, 2.24) is 10.2 Å². The van der Waals surface area contributed by atoms with Crippen LogP contribution in [0.2, 0.25) is 0 Å². The quantitative estimate of drug-likeness (QED) is 0.821. The molecular weight excluding hydrogens is 347 g/mol. The summed E-state index contributed by atoms with van der Waals surface area (Å²) in [5.41, 5.74) is 0.531. The molecule has 2 aliphatic rings. The van der Waals surface area contributed by atoms with Gasteiger partial charge in [0.2, 0.25) is 11.8 Å². The number of amides is 2. The minimum atomic E-state index is -3.07. The van der Waals surface area contributed by atoms with Crippen molar-refractivity contribution in [2.75, 3.05) is 24.6 Å². The number of likely N-dealkylation sites (tertiary alicyclic amines) is 1. The molecule has 1 aromatic rings. The second-order valence-corrected chi connectivity index (χ2v) is 8.87. The van der Waals surface area contributed by atoms with Crippen LogP contribution in [0.25, 0.3) is 0 Å². The molecule has 3 rings (SSSR count). The lowest BCUT2D eigenvalue weighted by Gasteiger charge is -2.22. The summed E-state index contributed by atoms with van der Waals surface area (Å²) in [6.07, 6.45) is 0.918. The van der Waals surface area contributed by atoms with Crippen LogP contribution in [-0.2, 0) is 25.8 Å². The minimum absolute atomic E-state index is 0.0135. The average molecular weight is 368 g/mol. The summed E-state index contributed by atoms with van der Waals surface area (Å²) in [6.45, 7) is 0.548. The fourth-order valence-electron chi connectivity index (χ4n) is 3.45. The topological polar surface area (TPSA) is 83.6 Å². The van der Waals surface area contributed by atoms with E-state index in [4.69, 9.17) is 0 Å². The molecule has 1 aromatic carbocycles. The van der Waals surface area contributed by atoms with Crippen LogP contribution in [0.4, 0.5) is 4.39 Å². The maximum Gasteiger partial charge on any atom is 0.225 e. The molecule has 25 heavy (non-hydrogen) atoms. The molecule has 2 saturated heterocycles. The van der Waals surface area contributed by atoms with Gasteiger partial charge in [-0.3, -0.25) is 9.59 Å². The predicted molar refractivity (Wildman–Crippen MR) is 90.0 cm³/mol. The van der Waals surface area contributed by atoms with Crippen molar-refractivity contribution in [3.05, 3.63) is 35.6 Å². The SMILES string of the molecule is O=C(NCCc1ccccc1F)C1CC(=O)N(C2CCS(=O)(=O)C2)C1. The Morgan fingerprint density at radius 3 is 2.76 bits per heavy atom. The van der Waals surface area contributed by atoms with E-state index in [0.29, 0.717) is 24.9 Å². The standard InChI is InChI=1S/C17H21FN2O4S/c18-15-4-2-1-3-12(15)5-7-19-17(22)13-9-16(21)20(10-13)14-6-8-25(23,24)11-14/h1-4,13-14H,5-11H2,(H,19,22). The van der Waals surface area contributed by atoms with Crippen LogP contribution < -0.4 is 5.32 Å². The van der Waals surface area contributed by atoms with E-state index in [1.165, 1.54) is 11.0 Å². The molecule has 0 aromatic heterocycles. The lowest BCUT2D eigenvalue weighted by molar-refractivity contribution is -0.130. The summed E-state index contributed by atoms with van der Waals surface area (Å²) < 4.78 is 36.7. The van der Waals surface area contributed by atoms with E-state index in [0.717, 1.165) is 0 Å². The number of carbonyl (C=O) groups excluding carboxylic acids is 2. The van der Waals surface area contributed by atoms with Gasteiger partial charge in [-0.25, -0.2) is 12.8 Å². The van der Waals surface area contributed by atoms with Gasteiger partial charge in [0, 0.05) is 25.6 Å². The van der Waals surface area contributed by atoms with Gasteiger partial charge in [0.25, 0.3) is 0 Å². The number of hydrogen-bond donors (Lipinski definition) is 1. The lowest BCUT2D eigenvalue weighted by Crippen LogP contribution is -2.39. The van der Waals surface area contributed by atoms with E-state index in [-0.39, 0.29) is 48.1 Å². The smallest absolute Gasteiger partial charge is 0.225 e. The first kappa shape index (κ1) is 17.8. The number of nitrogens with zero attached hydrogens (tertiary/aromatic N) is 1. The third-order valence-corrected chi connectivity index (χ3v) is 6.58. The Labute approximate surface area is 146 Å². The van der Waals surface area contributed by atoms with Crippen molar-refractivity contribution < 1.29 is 22.4 Å². The molecule has 0 saturated carbocycles. The molecule has 2 unspecified atom stereocenters. The predicted octanol–water partition coefficient (Wildman–Crippen LogP) is 0.520. The molecule has 2 fully saturated rings. The molecule has 2 atom stereocenters. The lowest BCUT2D eigenvalue weighted by atomic mass is 10.1. The van der Waals surface area contributed by atoms with Gasteiger partial charge >= 0.3 is 0 Å². The number of halogens is 1. The van der Waals surface area contributed by atoms with Gasteiger partial charge in [0.15, 0.2) is 9.84 Å². The number of sulfone groups is 1. The van der Waals surface area contributed by atoms with E-state index < -0.39 is 15.8 Å². The van der Waals surface area contributed by atoms with Crippen LogP contribution in [0.3, 0.4) is 0 Å². The van der Waals surface area contributed by atoms with Crippen LogP contribution in [0.1, 0.15) is 18.4 Å². The molecule has 136 valence electrons. The van der Waals surface area contributed by atoms with E-state index >= 15 is 0 Å². The van der Waals surface area contributed by atoms with Crippen LogP contribution in [0.15, 0.2) is 24.3 Å². The summed E-state index contributed by atoms with van der Waals surface area (Å²) >= 11 is 0. The normalized spacial score (nSPS) is 25.3. The third kappa shape index (κ3) is 4.18. The first-order valence-corrected chi connectivity index (χ1v) is 10.2. The van der Waals surface area contributed by atoms with E-state index in [9.17, 15) is 22.4 Å². The Morgan fingerprint density at radius 2 is 2.08 bits per heavy atom. The molecule has 6 nitrogen and oxygen atoms in total. The highest BCUT2D eigenvalue weighted by Gasteiger charge is 2.41. The Bertz CT molecular complexity index is 781. The zero-order valence-corrected chi connectivity index (χ0v) is 14.6. The second-order valence-electron chi connectivity index (χ2n) is 6.64. The van der Waals surface area contributed by atoms with Crippen molar-refractivity contribution in [2.45, 2.75) is 25.3 Å². The average Bonchev–Trinajstić information content (AvgIpc) is 3.11. The molecule has 0 aliphatic carbocycles. The van der Waals surface area contributed by atoms with Gasteiger partial charge in [0.1, 0.15) is 5.82 Å². The first-order valence-electron chi connectivity index (χ1n) is 8.37. The van der Waals surface area contributed by atoms with Crippen molar-refractivity contribution in [3.63, 3.8) is 0 Å². The molecular formula is C17H21FN2O4S. The van der Waals surface area contributed by atoms with Gasteiger partial charge in [0.05, 0.1) is 17.4 Å². The van der Waals surface area contributed by atoms with Crippen LogP contribution >= 0.6 is 0 Å². The zero-order valence-electron chi connectivity index (χ0n) is 13.8. The fourth-order valence-corrected chi connectivity index (χ4v) is 5.18. The maximum absolute atomic E-state index is 13.5. The summed E-state index contributed by atoms with van der Waals surface area (Å²) in [7, 11) is -3.07. The van der Waals surface area contributed by atoms with Gasteiger partial charge in [-0.05, 0) is 24.5 Å². The minimum Gasteiger partial charge on any atom is -0.355 e. The van der Waals surface area contributed by atoms with Crippen molar-refractivity contribution in [3.8, 4) is 0 Å². The number of rotatable bonds is 5. The molecule has 0 radical (unpaired) electrons. The van der Waals surface area contributed by atoms with E-state index in [1.807, 2.05) is 0 Å². The Kier molecular flexibility index (Phi) is 5.08. The van der Waals surface area contributed by atoms with E-state index in [1.54, 1.807) is 18.2 Å². The summed E-state index contributed by atoms with van der Waals surface area (Å²) in [5, 5.41) is 2.75. The fraction of sp³-hybridized carbons (Fsp3) is 0.529. The van der Waals surface area contributed by atoms with Gasteiger partial charge < -0.3 is 10.2 Å². The summed E-state index contributed by atoms with van der Waals surface area (Å²) in [5.74, 6) is -1.11. The molecule has 0 bridgehead atoms. The number of nitrogens with one attached hydrogen (secondary N) is 1. The van der Waals surface area contributed by atoms with Gasteiger partial charge in [-0.1, -0.05) is 18.2 Å². The monoisotopic (exact) mass is 368 g/mol. The highest BCUT2D eigenvalue weighted by Crippen LogP contribution is 2.26. The highest BCUT2D eigenvalue weighted by molar-refractivity contribution is 7.91. The second kappa shape index (κ2) is 7.11. The third-order valence-electron chi connectivity index (χ3n) is 4.83. The van der Waals surface area contributed by atoms with Crippen LogP contribution in [0.5, 0.6) is 0 Å². The van der Waals surface area contributed by atoms with Crippen LogP contribution in [0, 0.1) is 11.7 Å². The molecule has 2 aliphatic heterocycles. The Balaban J connectivity index is 1.50. The summed E-state index contributed by atoms with van der Waals surface area (Å²) in [4.78, 5) is 25.9. The molecule has 1 N–H and O–H groups in total. The largest absolute Gasteiger partial charge is 0.355 e. The Morgan fingerprint density at radius 1 is 1.32 bits per heavy atom. The van der Waals surface area contributed by atoms with Crippen molar-refractivity contribution in [1.29, 1.82) is 0 Å². The van der Waals surface area contributed by atoms with E-state index in [2.05, 4.69) is 5.32 Å². The number of benzene rings is 1. The van der Waals surface area contributed by atoms with Crippen molar-refractivity contribution >= 4 is 21.7 Å². The number of hydrogen-bond acceptors (Lipinski definition) is 4. The maximum atomic E-state index is 13.5. The first-order chi connectivity index (χ1) is 11.9. The molecule has 2 amide bonds. The van der Waals surface area contributed by atoms with Gasteiger partial charge in [-0.2, -0.15) is 0 Å². The number of carbonyl (C=O) groups is 2. The molecule has 2 heterocycles. The summed E-state index contributed by atoms with van der Waals surface area (Å²) in [6, 6.07) is 6.08. The van der Waals surface area contributed by atoms with Crippen molar-refractivity contribution in [2.24, 2.45) is 5.92 Å². The zero-order chi connectivity index (χ0) is 18.0. The van der Waals surface area contributed by atoms with Gasteiger partial charge in [-0.15, -0.1) is 0 Å². The molecule has 0 spiro atoms. The van der Waals surface area contributed by atoms with Crippen LogP contribution in [-0.4, -0.2) is 55.8 Å².